The molecule has 3 rings (SSSR count). The fourth-order valence-electron chi connectivity index (χ4n) is 0.854. The second-order valence-electron chi connectivity index (χ2n) is 1.79. The molecule has 0 aromatic heterocycles. The molecule has 4 unspecified atom stereocenters. The summed E-state index contributed by atoms with van der Waals surface area (Å²) in [6.07, 6.45) is 1.43. The Bertz CT molecular complexity index is 457. The number of hydrogen-bond acceptors (Lipinski definition) is 1. The Morgan fingerprint density at radius 1 is 1.75 bits per heavy atom. The van der Waals surface area contributed by atoms with Crippen molar-refractivity contribution < 1.29 is 4.21 Å². The van der Waals surface area contributed by atoms with Gasteiger partial charge in [-0.2, -0.15) is 0 Å². The molecule has 0 aliphatic carbocycles. The van der Waals surface area contributed by atoms with Crippen LogP contribution >= 0.6 is 52.8 Å². The van der Waals surface area contributed by atoms with Crippen LogP contribution in [0.2, 0.25) is 0 Å². The van der Waals surface area contributed by atoms with E-state index in [1.807, 2.05) is 7.56 Å². The molecular formula is H2IOP5S. The van der Waals surface area contributed by atoms with E-state index in [1.54, 1.807) is 0 Å². The molecule has 8 heavy (non-hydrogen) atoms. The molecule has 3 aliphatic heterocycles. The number of halogens is 1. The van der Waals surface area contributed by atoms with Crippen LogP contribution in [0.4, 0.5) is 0 Å². The first-order valence-corrected chi connectivity index (χ1v) is 19.2. The molecule has 0 fully saturated rings. The van der Waals surface area contributed by atoms with Crippen LogP contribution in [0, 0.1) is 0 Å². The first-order valence-electron chi connectivity index (χ1n) is 2.05. The van der Waals surface area contributed by atoms with E-state index in [2.05, 4.69) is 21.2 Å². The summed E-state index contributed by atoms with van der Waals surface area (Å²) in [5.41, 5.74) is 0.335. The van der Waals surface area contributed by atoms with Crippen LogP contribution in [0.25, 0.3) is 0 Å². The molecule has 0 N–H and O–H groups in total. The number of rotatable bonds is 0. The van der Waals surface area contributed by atoms with Crippen molar-refractivity contribution in [2.45, 2.75) is 0 Å². The summed E-state index contributed by atoms with van der Waals surface area (Å²) in [7, 11) is 1.23. The minimum atomic E-state index is -0.660. The Kier molecular flexibility index (Phi) is 1.13. The molecule has 0 saturated heterocycles. The van der Waals surface area contributed by atoms with Gasteiger partial charge >= 0.3 is 64.2 Å². The molecule has 0 aromatic carbocycles. The monoisotopic (exact) mass is 332 g/mol. The van der Waals surface area contributed by atoms with Crippen LogP contribution in [0.3, 0.4) is 0 Å². The van der Waals surface area contributed by atoms with Gasteiger partial charge in [-0.1, -0.05) is 0 Å². The fourth-order valence-corrected chi connectivity index (χ4v) is 203. The summed E-state index contributed by atoms with van der Waals surface area (Å²) in [6.45, 7) is 0. The molecule has 46 valence electrons. The van der Waals surface area contributed by atoms with Crippen molar-refractivity contribution >= 4 is 60.0 Å². The molecule has 0 saturated carbocycles. The van der Waals surface area contributed by atoms with E-state index in [1.165, 1.54) is 0 Å². The van der Waals surface area contributed by atoms with E-state index in [4.69, 9.17) is 0 Å². The zero-order valence-electron chi connectivity index (χ0n) is 3.52. The van der Waals surface area contributed by atoms with Crippen molar-refractivity contribution in [2.24, 2.45) is 0 Å². The maximum absolute atomic E-state index is 10.9. The third-order valence-corrected chi connectivity index (χ3v) is 102. The summed E-state index contributed by atoms with van der Waals surface area (Å²) in [5.74, 6) is 0. The van der Waals surface area contributed by atoms with Gasteiger partial charge in [-0.15, -0.1) is 0 Å². The molecule has 0 radical (unpaired) electrons. The van der Waals surface area contributed by atoms with Crippen molar-refractivity contribution in [3.8, 4) is 0 Å². The Hall–Kier alpha value is 2.51. The number of hydrogen-bond donors (Lipinski definition) is 1. The Balaban J connectivity index is 2.82. The number of thiol groups is 1. The normalized spacial score (nSPS) is 54.4. The third-order valence-electron chi connectivity index (χ3n) is 1.42. The van der Waals surface area contributed by atoms with Gasteiger partial charge in [0.25, 0.3) is 0 Å². The average Bonchev–Trinajstić information content (AvgIpc) is 2.40. The van der Waals surface area contributed by atoms with Gasteiger partial charge in [0.2, 0.25) is 0 Å². The second-order valence-corrected chi connectivity index (χ2v) is 49.0. The van der Waals surface area contributed by atoms with E-state index < -0.39 is 7.15 Å². The van der Waals surface area contributed by atoms with Gasteiger partial charge in [0.05, 0.1) is 0 Å². The molecule has 3 heterocycles. The Morgan fingerprint density at radius 2 is 2.38 bits per heavy atom. The van der Waals surface area contributed by atoms with Gasteiger partial charge in [-0.3, -0.25) is 0 Å². The zero-order valence-corrected chi connectivity index (χ0v) is 11.2. The Labute approximate surface area is 63.7 Å². The molecule has 0 aromatic rings. The second kappa shape index (κ2) is 1.49. The van der Waals surface area contributed by atoms with Crippen LogP contribution in [0.15, 0.2) is 0 Å². The molecular weight excluding hydrogens is 330 g/mol. The Morgan fingerprint density at radius 3 is 2.50 bits per heavy atom. The van der Waals surface area contributed by atoms with E-state index in [0.29, 0.717) is 11.9 Å². The average molecular weight is 332 g/mol. The van der Waals surface area contributed by atoms with Crippen LogP contribution in [0.1, 0.15) is 0 Å². The fraction of sp³-hybridized carbons (Fsp3) is 0. The van der Waals surface area contributed by atoms with Crippen LogP contribution in [-0.4, -0.2) is 4.21 Å². The van der Waals surface area contributed by atoms with Gasteiger partial charge < -0.3 is 0 Å². The van der Waals surface area contributed by atoms with Gasteiger partial charge in [0.1, 0.15) is 0 Å². The maximum atomic E-state index is 10.9. The first kappa shape index (κ1) is 6.07. The molecule has 1 spiro atoms. The van der Waals surface area contributed by atoms with Crippen LogP contribution in [0.5, 0.6) is 0 Å². The summed E-state index contributed by atoms with van der Waals surface area (Å²) >= 11 is 2.17. The molecule has 3 aliphatic rings. The summed E-state index contributed by atoms with van der Waals surface area (Å²) in [4.78, 5) is 0. The summed E-state index contributed by atoms with van der Waals surface area (Å²) in [5, 5.41) is 0. The van der Waals surface area contributed by atoms with E-state index in [9.17, 15) is 4.21 Å². The molecule has 8 heteroatoms. The standard InChI is InChI=1S/H2IOP5S/c1-8(2)6-5-4-3-7(4,5)6/h7-8H. The van der Waals surface area contributed by atoms with Gasteiger partial charge in [-0.25, -0.2) is 0 Å². The molecule has 0 bridgehead atoms. The van der Waals surface area contributed by atoms with Crippen molar-refractivity contribution in [1.82, 2.24) is 0 Å². The van der Waals surface area contributed by atoms with E-state index >= 15 is 0 Å². The third kappa shape index (κ3) is 0.483. The van der Waals surface area contributed by atoms with Crippen LogP contribution in [-0.2, 0) is 7.15 Å². The predicted octanol–water partition coefficient (Wildman–Crippen LogP) is 4.32. The van der Waals surface area contributed by atoms with Crippen LogP contribution < -0.4 is 0 Å². The SMILES string of the molecule is O=[SH](I)=P1=P2=P3=P[PH]321. The van der Waals surface area contributed by atoms with E-state index in [-0.39, 0.29) is 6.02 Å². The summed E-state index contributed by atoms with van der Waals surface area (Å²) < 4.78 is 10.9. The van der Waals surface area contributed by atoms with Gasteiger partial charge in [-0.05, 0) is 0 Å². The van der Waals surface area contributed by atoms with Crippen molar-refractivity contribution in [3.05, 3.63) is 0 Å². The predicted molar refractivity (Wildman–Crippen MR) is 59.6 cm³/mol. The first-order chi connectivity index (χ1) is 3.78. The van der Waals surface area contributed by atoms with Crippen molar-refractivity contribution in [2.75, 3.05) is 0 Å². The quantitative estimate of drug-likeness (QED) is 0.303. The zero-order chi connectivity index (χ0) is 5.52. The molecule has 4 atom stereocenters. The minimum absolute atomic E-state index is 0.335. The topological polar surface area (TPSA) is 17.1 Å². The molecule has 1 nitrogen and oxygen atoms in total. The summed E-state index contributed by atoms with van der Waals surface area (Å²) in [6, 6.07) is -0.345. The molecule has 0 amide bonds. The van der Waals surface area contributed by atoms with Gasteiger partial charge in [0, 0.05) is 0 Å². The van der Waals surface area contributed by atoms with E-state index in [0.717, 1.165) is 6.18 Å². The van der Waals surface area contributed by atoms with Gasteiger partial charge in [0.15, 0.2) is 0 Å². The van der Waals surface area contributed by atoms with Crippen molar-refractivity contribution in [3.63, 3.8) is 0 Å². The van der Waals surface area contributed by atoms with Crippen molar-refractivity contribution in [1.29, 1.82) is 0 Å².